The molecule has 0 spiro atoms. The fourth-order valence-corrected chi connectivity index (χ4v) is 2.08. The molecule has 0 aromatic carbocycles. The van der Waals surface area contributed by atoms with Crippen LogP contribution in [0.25, 0.3) is 0 Å². The Labute approximate surface area is 90.6 Å². The van der Waals surface area contributed by atoms with Gasteiger partial charge in [-0.1, -0.05) is 13.3 Å². The van der Waals surface area contributed by atoms with Gasteiger partial charge in [0.05, 0.1) is 6.61 Å². The monoisotopic (exact) mass is 213 g/mol. The van der Waals surface area contributed by atoms with E-state index in [4.69, 9.17) is 4.74 Å². The number of carbonyl (C=O) groups is 2. The van der Waals surface area contributed by atoms with Gasteiger partial charge in [0.1, 0.15) is 5.41 Å². The molecule has 0 aromatic rings. The number of ether oxygens (including phenoxy) is 1. The molecule has 1 amide bonds. The second kappa shape index (κ2) is 4.21. The Hall–Kier alpha value is -1.06. The first-order chi connectivity index (χ1) is 7.00. The van der Waals surface area contributed by atoms with Crippen LogP contribution in [-0.4, -0.2) is 37.5 Å². The first kappa shape index (κ1) is 12.0. The summed E-state index contributed by atoms with van der Waals surface area (Å²) < 4.78 is 4.99. The van der Waals surface area contributed by atoms with Crippen LogP contribution in [0.4, 0.5) is 0 Å². The van der Waals surface area contributed by atoms with E-state index >= 15 is 0 Å². The number of esters is 1. The van der Waals surface area contributed by atoms with Crippen LogP contribution in [0.3, 0.4) is 0 Å². The summed E-state index contributed by atoms with van der Waals surface area (Å²) in [6, 6.07) is 0. The smallest absolute Gasteiger partial charge is 0.321 e. The van der Waals surface area contributed by atoms with E-state index in [0.29, 0.717) is 13.0 Å². The highest BCUT2D eigenvalue weighted by Crippen LogP contribution is 2.56. The number of carbonyl (C=O) groups excluding carboxylic acids is 2. The van der Waals surface area contributed by atoms with Crippen molar-refractivity contribution in [1.82, 2.24) is 4.90 Å². The van der Waals surface area contributed by atoms with Gasteiger partial charge in [0, 0.05) is 14.1 Å². The lowest BCUT2D eigenvalue weighted by Crippen LogP contribution is -2.38. The summed E-state index contributed by atoms with van der Waals surface area (Å²) in [4.78, 5) is 25.2. The van der Waals surface area contributed by atoms with E-state index in [0.717, 1.165) is 6.42 Å². The van der Waals surface area contributed by atoms with E-state index in [9.17, 15) is 9.59 Å². The Bertz CT molecular complexity index is 275. The van der Waals surface area contributed by atoms with Crippen molar-refractivity contribution in [2.75, 3.05) is 20.7 Å². The lowest BCUT2D eigenvalue weighted by Gasteiger charge is -2.19. The predicted molar refractivity (Wildman–Crippen MR) is 56.2 cm³/mol. The number of hydrogen-bond donors (Lipinski definition) is 0. The maximum absolute atomic E-state index is 11.9. The maximum Gasteiger partial charge on any atom is 0.321 e. The molecule has 1 saturated carbocycles. The van der Waals surface area contributed by atoms with E-state index in [1.54, 1.807) is 21.0 Å². The highest BCUT2D eigenvalue weighted by atomic mass is 16.5. The zero-order valence-corrected chi connectivity index (χ0v) is 9.87. The van der Waals surface area contributed by atoms with Crippen LogP contribution in [-0.2, 0) is 14.3 Å². The average molecular weight is 213 g/mol. The van der Waals surface area contributed by atoms with Crippen molar-refractivity contribution in [3.05, 3.63) is 0 Å². The second-order valence-corrected chi connectivity index (χ2v) is 4.20. The zero-order valence-electron chi connectivity index (χ0n) is 9.87. The van der Waals surface area contributed by atoms with Crippen LogP contribution in [0.15, 0.2) is 0 Å². The van der Waals surface area contributed by atoms with Crippen molar-refractivity contribution >= 4 is 11.9 Å². The highest BCUT2D eigenvalue weighted by molar-refractivity contribution is 6.06. The molecular weight excluding hydrogens is 194 g/mol. The van der Waals surface area contributed by atoms with Crippen LogP contribution < -0.4 is 0 Å². The first-order valence-electron chi connectivity index (χ1n) is 5.39. The quantitative estimate of drug-likeness (QED) is 0.518. The normalized spacial score (nSPS) is 28.4. The summed E-state index contributed by atoms with van der Waals surface area (Å²) in [5, 5.41) is 0. The molecule has 1 rings (SSSR count). The molecule has 4 heteroatoms. The highest BCUT2D eigenvalue weighted by Gasteiger charge is 2.66. The molecule has 86 valence electrons. The van der Waals surface area contributed by atoms with Crippen molar-refractivity contribution in [1.29, 1.82) is 0 Å². The molecule has 1 aliphatic carbocycles. The van der Waals surface area contributed by atoms with E-state index in [2.05, 4.69) is 0 Å². The third kappa shape index (κ3) is 1.85. The SMILES string of the molecule is CCOC(=O)[C@@]1(C(=O)N(C)C)C[C@H]1CC. The van der Waals surface area contributed by atoms with Crippen LogP contribution in [0, 0.1) is 11.3 Å². The fourth-order valence-electron chi connectivity index (χ4n) is 2.08. The molecule has 0 radical (unpaired) electrons. The number of nitrogens with zero attached hydrogens (tertiary/aromatic N) is 1. The van der Waals surface area contributed by atoms with Crippen LogP contribution in [0.2, 0.25) is 0 Å². The summed E-state index contributed by atoms with van der Waals surface area (Å²) in [6.07, 6.45) is 1.48. The molecule has 15 heavy (non-hydrogen) atoms. The predicted octanol–water partition coefficient (Wildman–Crippen LogP) is 1.05. The van der Waals surface area contributed by atoms with Gasteiger partial charge in [-0.15, -0.1) is 0 Å². The van der Waals surface area contributed by atoms with Gasteiger partial charge in [-0.2, -0.15) is 0 Å². The van der Waals surface area contributed by atoms with Crippen molar-refractivity contribution in [3.63, 3.8) is 0 Å². The van der Waals surface area contributed by atoms with Gasteiger partial charge in [-0.25, -0.2) is 0 Å². The van der Waals surface area contributed by atoms with Crippen molar-refractivity contribution in [3.8, 4) is 0 Å². The lowest BCUT2D eigenvalue weighted by molar-refractivity contribution is -0.157. The first-order valence-corrected chi connectivity index (χ1v) is 5.39. The standard InChI is InChI=1S/C11H19NO3/c1-5-8-7-11(8,9(13)12(3)4)10(14)15-6-2/h8H,5-7H2,1-4H3/t8-,11+/m1/s1. The van der Waals surface area contributed by atoms with E-state index in [-0.39, 0.29) is 17.8 Å². The van der Waals surface area contributed by atoms with E-state index < -0.39 is 5.41 Å². The Balaban J connectivity index is 2.83. The van der Waals surface area contributed by atoms with Gasteiger partial charge in [-0.3, -0.25) is 9.59 Å². The third-order valence-corrected chi connectivity index (χ3v) is 3.03. The van der Waals surface area contributed by atoms with Crippen molar-refractivity contribution in [2.24, 2.45) is 11.3 Å². The van der Waals surface area contributed by atoms with Gasteiger partial charge in [-0.05, 0) is 19.3 Å². The van der Waals surface area contributed by atoms with E-state index in [1.165, 1.54) is 4.90 Å². The van der Waals surface area contributed by atoms with Crippen LogP contribution in [0.1, 0.15) is 26.7 Å². The van der Waals surface area contributed by atoms with Crippen LogP contribution >= 0.6 is 0 Å². The van der Waals surface area contributed by atoms with Gasteiger partial charge in [0.25, 0.3) is 0 Å². The molecule has 0 unspecified atom stereocenters. The molecule has 0 aromatic heterocycles. The Morgan fingerprint density at radius 1 is 1.40 bits per heavy atom. The molecule has 0 saturated heterocycles. The Morgan fingerprint density at radius 2 is 2.00 bits per heavy atom. The summed E-state index contributed by atoms with van der Waals surface area (Å²) in [7, 11) is 3.35. The van der Waals surface area contributed by atoms with Gasteiger partial charge in [0.15, 0.2) is 0 Å². The van der Waals surface area contributed by atoms with Crippen molar-refractivity contribution in [2.45, 2.75) is 26.7 Å². The van der Waals surface area contributed by atoms with E-state index in [1.807, 2.05) is 6.92 Å². The Morgan fingerprint density at radius 3 is 2.33 bits per heavy atom. The minimum absolute atomic E-state index is 0.118. The summed E-state index contributed by atoms with van der Waals surface area (Å²) in [5.74, 6) is -0.310. The number of amides is 1. The topological polar surface area (TPSA) is 46.6 Å². The number of hydrogen-bond acceptors (Lipinski definition) is 3. The summed E-state index contributed by atoms with van der Waals surface area (Å²) >= 11 is 0. The molecule has 2 atom stereocenters. The summed E-state index contributed by atoms with van der Waals surface area (Å²) in [6.45, 7) is 4.08. The van der Waals surface area contributed by atoms with Gasteiger partial charge in [0.2, 0.25) is 5.91 Å². The average Bonchev–Trinajstić information content (AvgIpc) is 2.92. The summed E-state index contributed by atoms with van der Waals surface area (Å²) in [5.41, 5.74) is -0.867. The second-order valence-electron chi connectivity index (χ2n) is 4.20. The number of rotatable bonds is 4. The largest absolute Gasteiger partial charge is 0.465 e. The third-order valence-electron chi connectivity index (χ3n) is 3.03. The minimum atomic E-state index is -0.867. The maximum atomic E-state index is 11.9. The molecule has 0 N–H and O–H groups in total. The molecule has 1 fully saturated rings. The molecular formula is C11H19NO3. The molecule has 1 aliphatic rings. The van der Waals surface area contributed by atoms with Gasteiger partial charge >= 0.3 is 5.97 Å². The lowest BCUT2D eigenvalue weighted by atomic mass is 10.0. The van der Waals surface area contributed by atoms with Crippen molar-refractivity contribution < 1.29 is 14.3 Å². The Kier molecular flexibility index (Phi) is 3.37. The fraction of sp³-hybridized carbons (Fsp3) is 0.818. The zero-order chi connectivity index (χ0) is 11.6. The molecule has 0 bridgehead atoms. The van der Waals surface area contributed by atoms with Gasteiger partial charge < -0.3 is 9.64 Å². The minimum Gasteiger partial charge on any atom is -0.465 e. The molecule has 4 nitrogen and oxygen atoms in total. The molecule has 0 heterocycles. The van der Waals surface area contributed by atoms with Crippen LogP contribution in [0.5, 0.6) is 0 Å². The molecule has 0 aliphatic heterocycles.